The van der Waals surface area contributed by atoms with Gasteiger partial charge in [0.25, 0.3) is 0 Å². The van der Waals surface area contributed by atoms with Crippen LogP contribution in [0.4, 0.5) is 26.3 Å². The summed E-state index contributed by atoms with van der Waals surface area (Å²) in [5, 5.41) is 8.92. The fourth-order valence-corrected chi connectivity index (χ4v) is 2.12. The van der Waals surface area contributed by atoms with E-state index in [1.807, 2.05) is 0 Å². The van der Waals surface area contributed by atoms with Crippen molar-refractivity contribution >= 4 is 22.6 Å². The Labute approximate surface area is 99.2 Å². The summed E-state index contributed by atoms with van der Waals surface area (Å²) in [6.45, 7) is 0. The molecule has 0 radical (unpaired) electrons. The van der Waals surface area contributed by atoms with Gasteiger partial charge in [-0.2, -0.15) is 26.3 Å². The third kappa shape index (κ3) is 2.53. The van der Waals surface area contributed by atoms with Crippen LogP contribution in [0.5, 0.6) is 5.75 Å². The van der Waals surface area contributed by atoms with Gasteiger partial charge < -0.3 is 5.11 Å². The number of phenolic OH excluding ortho intramolecular Hbond substituents is 1. The quantitative estimate of drug-likeness (QED) is 0.550. The Bertz CT molecular complexity index is 408. The van der Waals surface area contributed by atoms with E-state index in [1.165, 1.54) is 0 Å². The summed E-state index contributed by atoms with van der Waals surface area (Å²) in [5.41, 5.74) is -3.08. The molecule has 1 N–H and O–H groups in total. The summed E-state index contributed by atoms with van der Waals surface area (Å²) in [7, 11) is 0. The number of phenols is 1. The van der Waals surface area contributed by atoms with Gasteiger partial charge in [-0.05, 0) is 34.7 Å². The molecule has 0 amide bonds. The van der Waals surface area contributed by atoms with Crippen LogP contribution in [0.3, 0.4) is 0 Å². The molecule has 0 aromatic heterocycles. The molecule has 0 unspecified atom stereocenters. The minimum atomic E-state index is -5.03. The molecule has 16 heavy (non-hydrogen) atoms. The van der Waals surface area contributed by atoms with E-state index < -0.39 is 32.8 Å². The van der Waals surface area contributed by atoms with Gasteiger partial charge in [0.2, 0.25) is 0 Å². The molecule has 1 aromatic carbocycles. The van der Waals surface area contributed by atoms with Crippen molar-refractivity contribution in [1.82, 2.24) is 0 Å². The van der Waals surface area contributed by atoms with E-state index in [-0.39, 0.29) is 0 Å². The molecule has 90 valence electrons. The Balaban J connectivity index is 3.52. The smallest absolute Gasteiger partial charge is 0.420 e. The first-order chi connectivity index (χ1) is 7.05. The topological polar surface area (TPSA) is 20.2 Å². The van der Waals surface area contributed by atoms with Gasteiger partial charge in [-0.1, -0.05) is 0 Å². The van der Waals surface area contributed by atoms with E-state index in [2.05, 4.69) is 0 Å². The first-order valence-electron chi connectivity index (χ1n) is 3.71. The van der Waals surface area contributed by atoms with E-state index in [1.54, 1.807) is 0 Å². The maximum absolute atomic E-state index is 12.3. The van der Waals surface area contributed by atoms with Crippen LogP contribution in [0.1, 0.15) is 11.1 Å². The van der Waals surface area contributed by atoms with Gasteiger partial charge in [0.15, 0.2) is 0 Å². The van der Waals surface area contributed by atoms with Crippen molar-refractivity contribution in [3.8, 4) is 5.75 Å². The Hall–Kier alpha value is -0.670. The van der Waals surface area contributed by atoms with E-state index in [0.717, 1.165) is 22.6 Å². The average molecular weight is 356 g/mol. The van der Waals surface area contributed by atoms with Crippen LogP contribution in [0.15, 0.2) is 12.1 Å². The van der Waals surface area contributed by atoms with Crippen LogP contribution in [-0.4, -0.2) is 5.11 Å². The molecule has 1 aromatic rings. The Morgan fingerprint density at radius 3 is 1.81 bits per heavy atom. The molecule has 0 saturated heterocycles. The van der Waals surface area contributed by atoms with Crippen LogP contribution >= 0.6 is 22.6 Å². The molecule has 8 heteroatoms. The van der Waals surface area contributed by atoms with Crippen LogP contribution < -0.4 is 0 Å². The van der Waals surface area contributed by atoms with Gasteiger partial charge in [-0.3, -0.25) is 0 Å². The number of hydrogen-bond donors (Lipinski definition) is 1. The number of halogens is 7. The van der Waals surface area contributed by atoms with Crippen LogP contribution in [0.2, 0.25) is 0 Å². The number of benzene rings is 1. The number of hydrogen-bond acceptors (Lipinski definition) is 1. The highest BCUT2D eigenvalue weighted by molar-refractivity contribution is 14.1. The number of aromatic hydroxyl groups is 1. The van der Waals surface area contributed by atoms with Crippen LogP contribution in [0.25, 0.3) is 0 Å². The van der Waals surface area contributed by atoms with Crippen molar-refractivity contribution in [2.45, 2.75) is 12.4 Å². The SMILES string of the molecule is Oc1ccc(C(F)(F)F)c(I)c1C(F)(F)F. The predicted octanol–water partition coefficient (Wildman–Crippen LogP) is 4.03. The third-order valence-corrected chi connectivity index (χ3v) is 2.83. The molecule has 0 aliphatic carbocycles. The normalized spacial score (nSPS) is 12.9. The zero-order valence-corrected chi connectivity index (χ0v) is 9.41. The van der Waals surface area contributed by atoms with Gasteiger partial charge in [-0.15, -0.1) is 0 Å². The highest BCUT2D eigenvalue weighted by Crippen LogP contribution is 2.43. The minimum Gasteiger partial charge on any atom is -0.507 e. The highest BCUT2D eigenvalue weighted by atomic mass is 127. The fraction of sp³-hybridized carbons (Fsp3) is 0.250. The largest absolute Gasteiger partial charge is 0.507 e. The molecule has 0 aliphatic heterocycles. The molecular formula is C8H3F6IO. The van der Waals surface area contributed by atoms with E-state index >= 15 is 0 Å². The molecule has 0 fully saturated rings. The minimum absolute atomic E-state index is 0.383. The van der Waals surface area contributed by atoms with E-state index in [9.17, 15) is 26.3 Å². The highest BCUT2D eigenvalue weighted by Gasteiger charge is 2.42. The predicted molar refractivity (Wildman–Crippen MR) is 50.8 cm³/mol. The van der Waals surface area contributed by atoms with E-state index in [4.69, 9.17) is 5.11 Å². The summed E-state index contributed by atoms with van der Waals surface area (Å²) in [6.07, 6.45) is -9.91. The third-order valence-electron chi connectivity index (χ3n) is 1.71. The molecule has 0 aliphatic rings. The lowest BCUT2D eigenvalue weighted by molar-refractivity contribution is -0.145. The Morgan fingerprint density at radius 2 is 1.44 bits per heavy atom. The second-order valence-corrected chi connectivity index (χ2v) is 3.90. The summed E-state index contributed by atoms with van der Waals surface area (Å²) < 4.78 is 72.9. The Morgan fingerprint density at radius 1 is 0.938 bits per heavy atom. The summed E-state index contributed by atoms with van der Waals surface area (Å²) in [6, 6.07) is 0.792. The molecule has 0 saturated carbocycles. The first-order valence-corrected chi connectivity index (χ1v) is 4.79. The van der Waals surface area contributed by atoms with Gasteiger partial charge >= 0.3 is 12.4 Å². The van der Waals surface area contributed by atoms with Gasteiger partial charge in [0.1, 0.15) is 11.3 Å². The second-order valence-electron chi connectivity index (χ2n) is 2.82. The second kappa shape index (κ2) is 3.97. The summed E-state index contributed by atoms with van der Waals surface area (Å²) in [4.78, 5) is 0. The lowest BCUT2D eigenvalue weighted by Gasteiger charge is -2.15. The van der Waals surface area contributed by atoms with E-state index in [0.29, 0.717) is 12.1 Å². The molecule has 0 spiro atoms. The van der Waals surface area contributed by atoms with Gasteiger partial charge in [0.05, 0.1) is 5.56 Å². The van der Waals surface area contributed by atoms with Crippen molar-refractivity contribution in [3.63, 3.8) is 0 Å². The summed E-state index contributed by atoms with van der Waals surface area (Å²) >= 11 is 0.917. The maximum Gasteiger partial charge on any atom is 0.420 e. The molecule has 0 heterocycles. The lowest BCUT2D eigenvalue weighted by Crippen LogP contribution is -2.14. The van der Waals surface area contributed by atoms with Crippen molar-refractivity contribution in [2.24, 2.45) is 0 Å². The standard InChI is InChI=1S/C8H3F6IO/c9-7(10,11)3-1-2-4(16)5(6(3)15)8(12,13)14/h1-2,16H. The van der Waals surface area contributed by atoms with Crippen molar-refractivity contribution in [3.05, 3.63) is 26.8 Å². The van der Waals surface area contributed by atoms with Crippen molar-refractivity contribution in [2.75, 3.05) is 0 Å². The van der Waals surface area contributed by atoms with Crippen LogP contribution in [0, 0.1) is 3.57 Å². The Kier molecular flexibility index (Phi) is 3.32. The molecule has 0 bridgehead atoms. The zero-order chi connectivity index (χ0) is 12.7. The molecule has 0 atom stereocenters. The molecule has 1 nitrogen and oxygen atoms in total. The van der Waals surface area contributed by atoms with Gasteiger partial charge in [-0.25, -0.2) is 0 Å². The first kappa shape index (κ1) is 13.4. The lowest BCUT2D eigenvalue weighted by atomic mass is 10.1. The zero-order valence-electron chi connectivity index (χ0n) is 7.25. The number of rotatable bonds is 0. The molecule has 1 rings (SSSR count). The fourth-order valence-electron chi connectivity index (χ4n) is 1.05. The van der Waals surface area contributed by atoms with Crippen LogP contribution in [-0.2, 0) is 12.4 Å². The molecular weight excluding hydrogens is 353 g/mol. The van der Waals surface area contributed by atoms with Gasteiger partial charge in [0, 0.05) is 3.57 Å². The summed E-state index contributed by atoms with van der Waals surface area (Å²) in [5.74, 6) is -1.22. The monoisotopic (exact) mass is 356 g/mol. The maximum atomic E-state index is 12.3. The number of alkyl halides is 6. The van der Waals surface area contributed by atoms with Crippen molar-refractivity contribution in [1.29, 1.82) is 0 Å². The average Bonchev–Trinajstić information content (AvgIpc) is 1.97. The van der Waals surface area contributed by atoms with Crippen molar-refractivity contribution < 1.29 is 31.4 Å².